The summed E-state index contributed by atoms with van der Waals surface area (Å²) in [5.74, 6) is 1.55. The molecule has 1 aromatic heterocycles. The molecule has 0 radical (unpaired) electrons. The maximum atomic E-state index is 12.8. The van der Waals surface area contributed by atoms with E-state index in [-0.39, 0.29) is 18.7 Å². The van der Waals surface area contributed by atoms with E-state index in [2.05, 4.69) is 33.9 Å². The van der Waals surface area contributed by atoms with Gasteiger partial charge in [-0.15, -0.1) is 0 Å². The third-order valence-corrected chi connectivity index (χ3v) is 7.67. The first kappa shape index (κ1) is 23.2. The second-order valence-electron chi connectivity index (χ2n) is 8.32. The predicted octanol–water partition coefficient (Wildman–Crippen LogP) is 5.65. The van der Waals surface area contributed by atoms with Crippen molar-refractivity contribution in [1.82, 2.24) is 9.97 Å². The van der Waals surface area contributed by atoms with Crippen LogP contribution in [0.25, 0.3) is 0 Å². The van der Waals surface area contributed by atoms with Gasteiger partial charge in [0.05, 0.1) is 11.4 Å². The van der Waals surface area contributed by atoms with Gasteiger partial charge in [0.15, 0.2) is 22.1 Å². The molecule has 1 aliphatic rings. The van der Waals surface area contributed by atoms with Crippen LogP contribution >= 0.6 is 0 Å². The normalized spacial score (nSPS) is 14.7. The summed E-state index contributed by atoms with van der Waals surface area (Å²) in [5, 5.41) is 0. The van der Waals surface area contributed by atoms with E-state index in [1.54, 1.807) is 6.07 Å². The summed E-state index contributed by atoms with van der Waals surface area (Å²) in [7, 11) is -4.50. The van der Waals surface area contributed by atoms with Gasteiger partial charge in [0, 0.05) is 18.9 Å². The summed E-state index contributed by atoms with van der Waals surface area (Å²) in [5.41, 5.74) is 2.92. The van der Waals surface area contributed by atoms with Crippen LogP contribution in [0.1, 0.15) is 50.9 Å². The van der Waals surface area contributed by atoms with Crippen molar-refractivity contribution in [3.05, 3.63) is 72.3 Å². The highest BCUT2D eigenvalue weighted by atomic mass is 32.2. The standard InChI is InChI=1S/C25H29N3O4S/c1-3-8-19-11-12-23-21(18-19)28(20-9-5-6-10-22(20)32-23)17-14-25(13-4-2,33(29,30)31)24-26-15-7-16-27-24/h5-7,9-12,15-16,18H,3-4,8,13-14,17H2,1-2H3,(H,29,30,31). The molecule has 0 amide bonds. The summed E-state index contributed by atoms with van der Waals surface area (Å²) in [6.07, 6.45) is 5.85. The lowest BCUT2D eigenvalue weighted by Gasteiger charge is -2.36. The van der Waals surface area contributed by atoms with E-state index in [9.17, 15) is 13.0 Å². The SMILES string of the molecule is CCCc1ccc2c(c1)N(CCC(CCC)(c1ncccn1)S(=O)(=O)O)c1ccccc1O2. The Kier molecular flexibility index (Phi) is 6.67. The molecule has 1 atom stereocenters. The van der Waals surface area contributed by atoms with Crippen molar-refractivity contribution < 1.29 is 17.7 Å². The molecule has 0 aliphatic carbocycles. The second kappa shape index (κ2) is 9.49. The summed E-state index contributed by atoms with van der Waals surface area (Å²) in [6.45, 7) is 4.36. The van der Waals surface area contributed by atoms with Crippen molar-refractivity contribution in [3.63, 3.8) is 0 Å². The molecule has 1 aliphatic heterocycles. The van der Waals surface area contributed by atoms with E-state index < -0.39 is 14.9 Å². The van der Waals surface area contributed by atoms with Crippen LogP contribution in [0.2, 0.25) is 0 Å². The summed E-state index contributed by atoms with van der Waals surface area (Å²) >= 11 is 0. The average molecular weight is 468 g/mol. The lowest BCUT2D eigenvalue weighted by molar-refractivity contribution is 0.382. The fraction of sp³-hybridized carbons (Fsp3) is 0.360. The van der Waals surface area contributed by atoms with Gasteiger partial charge in [-0.1, -0.05) is 44.9 Å². The van der Waals surface area contributed by atoms with Crippen molar-refractivity contribution >= 4 is 21.5 Å². The Balaban J connectivity index is 1.78. The van der Waals surface area contributed by atoms with Crippen molar-refractivity contribution in [2.75, 3.05) is 11.4 Å². The van der Waals surface area contributed by atoms with Crippen LogP contribution in [0.4, 0.5) is 11.4 Å². The van der Waals surface area contributed by atoms with Crippen LogP contribution in [0.3, 0.4) is 0 Å². The number of ether oxygens (including phenoxy) is 1. The Morgan fingerprint density at radius 3 is 2.36 bits per heavy atom. The Hall–Kier alpha value is -2.97. The Labute approximate surface area is 195 Å². The molecule has 7 nitrogen and oxygen atoms in total. The fourth-order valence-electron chi connectivity index (χ4n) is 4.51. The minimum Gasteiger partial charge on any atom is -0.453 e. The van der Waals surface area contributed by atoms with E-state index >= 15 is 0 Å². The van der Waals surface area contributed by atoms with E-state index in [1.165, 1.54) is 18.0 Å². The highest BCUT2D eigenvalue weighted by Crippen LogP contribution is 2.48. The van der Waals surface area contributed by atoms with Gasteiger partial charge in [-0.2, -0.15) is 8.42 Å². The first-order valence-electron chi connectivity index (χ1n) is 11.3. The number of para-hydroxylation sites is 2. The fourth-order valence-corrected chi connectivity index (χ4v) is 5.66. The van der Waals surface area contributed by atoms with Crippen LogP contribution in [-0.4, -0.2) is 29.5 Å². The highest BCUT2D eigenvalue weighted by Gasteiger charge is 2.47. The molecule has 174 valence electrons. The number of benzene rings is 2. The lowest BCUT2D eigenvalue weighted by atomic mass is 9.96. The van der Waals surface area contributed by atoms with Crippen molar-refractivity contribution in [2.45, 2.75) is 50.7 Å². The molecule has 4 rings (SSSR count). The molecule has 0 fully saturated rings. The molecular formula is C25H29N3O4S. The van der Waals surface area contributed by atoms with Crippen molar-refractivity contribution in [1.29, 1.82) is 0 Å². The largest absolute Gasteiger partial charge is 0.453 e. The highest BCUT2D eigenvalue weighted by molar-refractivity contribution is 7.86. The minimum atomic E-state index is -4.50. The average Bonchev–Trinajstić information content (AvgIpc) is 2.81. The maximum absolute atomic E-state index is 12.8. The number of fused-ring (bicyclic) bond motifs is 2. The molecule has 1 N–H and O–H groups in total. The van der Waals surface area contributed by atoms with E-state index in [0.29, 0.717) is 18.7 Å². The first-order chi connectivity index (χ1) is 15.9. The third-order valence-electron chi connectivity index (χ3n) is 6.09. The monoisotopic (exact) mass is 467 g/mol. The molecule has 0 bridgehead atoms. The zero-order valence-electron chi connectivity index (χ0n) is 18.9. The Bertz CT molecular complexity index is 1220. The van der Waals surface area contributed by atoms with Crippen LogP contribution in [0.5, 0.6) is 11.5 Å². The van der Waals surface area contributed by atoms with Gasteiger partial charge in [-0.3, -0.25) is 4.55 Å². The number of aryl methyl sites for hydroxylation is 1. The smallest absolute Gasteiger partial charge is 0.278 e. The van der Waals surface area contributed by atoms with Crippen LogP contribution in [0.15, 0.2) is 60.9 Å². The number of hydrogen-bond acceptors (Lipinski definition) is 6. The van der Waals surface area contributed by atoms with Gasteiger partial charge in [0.2, 0.25) is 0 Å². The molecular weight excluding hydrogens is 438 g/mol. The second-order valence-corrected chi connectivity index (χ2v) is 10.0. The van der Waals surface area contributed by atoms with E-state index in [1.807, 2.05) is 37.3 Å². The topological polar surface area (TPSA) is 92.6 Å². The molecule has 2 aromatic carbocycles. The van der Waals surface area contributed by atoms with Crippen LogP contribution < -0.4 is 9.64 Å². The van der Waals surface area contributed by atoms with E-state index in [0.717, 1.165) is 30.0 Å². The summed E-state index contributed by atoms with van der Waals surface area (Å²) in [6, 6.07) is 15.4. The molecule has 8 heteroatoms. The molecule has 0 saturated heterocycles. The Morgan fingerprint density at radius 1 is 0.939 bits per heavy atom. The zero-order valence-corrected chi connectivity index (χ0v) is 19.8. The molecule has 0 saturated carbocycles. The number of hydrogen-bond donors (Lipinski definition) is 1. The molecule has 1 unspecified atom stereocenters. The van der Waals surface area contributed by atoms with Crippen LogP contribution in [0, 0.1) is 0 Å². The van der Waals surface area contributed by atoms with Crippen molar-refractivity contribution in [2.24, 2.45) is 0 Å². The van der Waals surface area contributed by atoms with Crippen LogP contribution in [-0.2, 0) is 21.3 Å². The van der Waals surface area contributed by atoms with Gasteiger partial charge in [0.25, 0.3) is 10.1 Å². The van der Waals surface area contributed by atoms with Gasteiger partial charge >= 0.3 is 0 Å². The molecule has 2 heterocycles. The van der Waals surface area contributed by atoms with Gasteiger partial charge in [-0.05, 0) is 55.2 Å². The van der Waals surface area contributed by atoms with Gasteiger partial charge in [-0.25, -0.2) is 9.97 Å². The number of nitrogens with zero attached hydrogens (tertiary/aromatic N) is 3. The number of anilines is 2. The first-order valence-corrected chi connectivity index (χ1v) is 12.8. The van der Waals surface area contributed by atoms with Gasteiger partial charge < -0.3 is 9.64 Å². The summed E-state index contributed by atoms with van der Waals surface area (Å²) < 4.78 is 40.5. The quantitative estimate of drug-likeness (QED) is 0.407. The molecule has 3 aromatic rings. The third kappa shape index (κ3) is 4.45. The molecule has 33 heavy (non-hydrogen) atoms. The van der Waals surface area contributed by atoms with Crippen molar-refractivity contribution in [3.8, 4) is 11.5 Å². The predicted molar refractivity (Wildman–Crippen MR) is 129 cm³/mol. The van der Waals surface area contributed by atoms with E-state index in [4.69, 9.17) is 4.74 Å². The Morgan fingerprint density at radius 2 is 1.67 bits per heavy atom. The number of aromatic nitrogens is 2. The zero-order chi connectivity index (χ0) is 23.5. The lowest BCUT2D eigenvalue weighted by Crippen LogP contribution is -2.40. The van der Waals surface area contributed by atoms with Gasteiger partial charge in [0.1, 0.15) is 0 Å². The minimum absolute atomic E-state index is 0.121. The maximum Gasteiger partial charge on any atom is 0.278 e. The summed E-state index contributed by atoms with van der Waals surface area (Å²) in [4.78, 5) is 10.5. The molecule has 0 spiro atoms. The number of rotatable bonds is 9.